The Balaban J connectivity index is 1.84. The second-order valence-corrected chi connectivity index (χ2v) is 8.51. The van der Waals surface area contributed by atoms with Crippen LogP contribution in [0.25, 0.3) is 11.3 Å². The van der Waals surface area contributed by atoms with Crippen molar-refractivity contribution in [2.45, 2.75) is 39.7 Å². The number of aromatic amines is 1. The summed E-state index contributed by atoms with van der Waals surface area (Å²) in [5, 5.41) is 18.3. The second-order valence-electron chi connectivity index (χ2n) is 8.51. The Labute approximate surface area is 194 Å². The van der Waals surface area contributed by atoms with E-state index in [9.17, 15) is 9.90 Å². The van der Waals surface area contributed by atoms with Gasteiger partial charge in [0.2, 0.25) is 0 Å². The summed E-state index contributed by atoms with van der Waals surface area (Å²) < 4.78 is 11.1. The normalized spacial score (nSPS) is 15.2. The lowest BCUT2D eigenvalue weighted by atomic mass is 9.94. The molecule has 2 heterocycles. The first-order valence-electron chi connectivity index (χ1n) is 11.4. The fraction of sp³-hybridized carbons (Fsp3) is 0.385. The Morgan fingerprint density at radius 3 is 2.76 bits per heavy atom. The number of carbonyl (C=O) groups excluding carboxylic acids is 1. The molecule has 0 saturated heterocycles. The first kappa shape index (κ1) is 22.9. The fourth-order valence-electron chi connectivity index (χ4n) is 4.49. The Morgan fingerprint density at radius 2 is 2.00 bits per heavy atom. The topological polar surface area (TPSA) is 87.7 Å². The summed E-state index contributed by atoms with van der Waals surface area (Å²) in [6.07, 6.45) is 1.63. The first-order chi connectivity index (χ1) is 16.0. The van der Waals surface area contributed by atoms with Crippen molar-refractivity contribution in [2.75, 3.05) is 26.9 Å². The molecule has 174 valence electrons. The summed E-state index contributed by atoms with van der Waals surface area (Å²) in [6.45, 7) is 7.65. The van der Waals surface area contributed by atoms with Crippen molar-refractivity contribution in [3.63, 3.8) is 0 Å². The van der Waals surface area contributed by atoms with Crippen LogP contribution in [0, 0.1) is 13.8 Å². The molecule has 1 atom stereocenters. The van der Waals surface area contributed by atoms with Crippen molar-refractivity contribution in [1.82, 2.24) is 15.1 Å². The molecule has 4 rings (SSSR count). The molecule has 1 aliphatic rings. The molecule has 0 saturated carbocycles. The number of ether oxygens (including phenoxy) is 2. The molecule has 7 nitrogen and oxygen atoms in total. The maximum Gasteiger partial charge on any atom is 0.273 e. The number of aryl methyl sites for hydroxylation is 2. The van der Waals surface area contributed by atoms with Crippen LogP contribution in [-0.4, -0.2) is 53.0 Å². The monoisotopic (exact) mass is 449 g/mol. The molecule has 33 heavy (non-hydrogen) atoms. The SMILES string of the molecule is CCCOc1cccc(C2c3c(-c4cc(C)cc(C)c4O)n[nH]c3C(=O)N2CCCOC)c1. The minimum Gasteiger partial charge on any atom is -0.507 e. The van der Waals surface area contributed by atoms with Crippen LogP contribution in [0.2, 0.25) is 0 Å². The smallest absolute Gasteiger partial charge is 0.273 e. The number of amides is 1. The van der Waals surface area contributed by atoms with Gasteiger partial charge in [0.15, 0.2) is 0 Å². The molecular weight excluding hydrogens is 418 g/mol. The summed E-state index contributed by atoms with van der Waals surface area (Å²) in [7, 11) is 1.66. The predicted molar refractivity (Wildman–Crippen MR) is 127 cm³/mol. The third-order valence-electron chi connectivity index (χ3n) is 5.96. The number of phenols is 1. The Morgan fingerprint density at radius 1 is 1.18 bits per heavy atom. The van der Waals surface area contributed by atoms with Crippen molar-refractivity contribution in [2.24, 2.45) is 0 Å². The third-order valence-corrected chi connectivity index (χ3v) is 5.96. The molecule has 0 aliphatic carbocycles. The Bertz CT molecular complexity index is 1150. The van der Waals surface area contributed by atoms with Crippen LogP contribution in [0.15, 0.2) is 36.4 Å². The van der Waals surface area contributed by atoms with E-state index in [1.165, 1.54) is 0 Å². The maximum atomic E-state index is 13.4. The van der Waals surface area contributed by atoms with Crippen molar-refractivity contribution in [1.29, 1.82) is 0 Å². The Kier molecular flexibility index (Phi) is 6.70. The number of carbonyl (C=O) groups is 1. The number of nitrogens with one attached hydrogen (secondary N) is 1. The standard InChI is InChI=1S/C26H31N3O4/c1-5-11-33-19-9-6-8-18(15-19)24-21-22(20-14-16(2)13-17(3)25(20)30)27-28-23(21)26(31)29(24)10-7-12-32-4/h6,8-9,13-15,24,30H,5,7,10-12H2,1-4H3,(H,27,28). The van der Waals surface area contributed by atoms with Crippen molar-refractivity contribution in [3.05, 3.63) is 64.3 Å². The lowest BCUT2D eigenvalue weighted by molar-refractivity contribution is 0.0723. The lowest BCUT2D eigenvalue weighted by Crippen LogP contribution is -2.31. The van der Waals surface area contributed by atoms with Gasteiger partial charge < -0.3 is 19.5 Å². The Hall–Kier alpha value is -3.32. The van der Waals surface area contributed by atoms with Crippen LogP contribution in [0.4, 0.5) is 0 Å². The van der Waals surface area contributed by atoms with E-state index in [-0.39, 0.29) is 17.7 Å². The molecule has 0 spiro atoms. The highest BCUT2D eigenvalue weighted by molar-refractivity contribution is 6.00. The third kappa shape index (κ3) is 4.33. The number of aromatic nitrogens is 2. The van der Waals surface area contributed by atoms with Gasteiger partial charge in [-0.1, -0.05) is 25.1 Å². The van der Waals surface area contributed by atoms with Gasteiger partial charge in [0.25, 0.3) is 5.91 Å². The van der Waals surface area contributed by atoms with Gasteiger partial charge in [0, 0.05) is 31.4 Å². The van der Waals surface area contributed by atoms with Gasteiger partial charge in [-0.05, 0) is 61.6 Å². The number of hydrogen-bond acceptors (Lipinski definition) is 5. The zero-order valence-electron chi connectivity index (χ0n) is 19.6. The van der Waals surface area contributed by atoms with E-state index in [0.29, 0.717) is 43.1 Å². The summed E-state index contributed by atoms with van der Waals surface area (Å²) in [6, 6.07) is 11.4. The van der Waals surface area contributed by atoms with E-state index in [0.717, 1.165) is 34.4 Å². The number of nitrogens with zero attached hydrogens (tertiary/aromatic N) is 2. The van der Waals surface area contributed by atoms with Crippen LogP contribution in [0.3, 0.4) is 0 Å². The summed E-state index contributed by atoms with van der Waals surface area (Å²) >= 11 is 0. The van der Waals surface area contributed by atoms with Crippen LogP contribution in [0.5, 0.6) is 11.5 Å². The predicted octanol–water partition coefficient (Wildman–Crippen LogP) is 4.77. The molecule has 0 radical (unpaired) electrons. The van der Waals surface area contributed by atoms with Gasteiger partial charge in [0.1, 0.15) is 22.9 Å². The lowest BCUT2D eigenvalue weighted by Gasteiger charge is -2.27. The van der Waals surface area contributed by atoms with E-state index in [1.54, 1.807) is 7.11 Å². The van der Waals surface area contributed by atoms with Crippen molar-refractivity contribution < 1.29 is 19.4 Å². The number of hydrogen-bond donors (Lipinski definition) is 2. The first-order valence-corrected chi connectivity index (χ1v) is 11.4. The molecule has 2 N–H and O–H groups in total. The zero-order valence-corrected chi connectivity index (χ0v) is 19.6. The number of aromatic hydroxyl groups is 1. The molecule has 1 unspecified atom stereocenters. The van der Waals surface area contributed by atoms with Crippen molar-refractivity contribution >= 4 is 5.91 Å². The number of H-pyrrole nitrogens is 1. The average molecular weight is 450 g/mol. The van der Waals surface area contributed by atoms with Gasteiger partial charge in [-0.2, -0.15) is 5.10 Å². The summed E-state index contributed by atoms with van der Waals surface area (Å²) in [5.74, 6) is 0.846. The van der Waals surface area contributed by atoms with E-state index in [1.807, 2.05) is 55.1 Å². The number of phenolic OH excluding ortho intramolecular Hbond substituents is 1. The molecular formula is C26H31N3O4. The largest absolute Gasteiger partial charge is 0.507 e. The minimum absolute atomic E-state index is 0.103. The minimum atomic E-state index is -0.344. The molecule has 0 bridgehead atoms. The number of benzene rings is 2. The molecule has 0 fully saturated rings. The van der Waals surface area contributed by atoms with E-state index in [2.05, 4.69) is 17.1 Å². The fourth-order valence-corrected chi connectivity index (χ4v) is 4.49. The number of methoxy groups -OCH3 is 1. The van der Waals surface area contributed by atoms with Crippen LogP contribution in [-0.2, 0) is 4.74 Å². The van der Waals surface area contributed by atoms with E-state index in [4.69, 9.17) is 9.47 Å². The van der Waals surface area contributed by atoms with Gasteiger partial charge >= 0.3 is 0 Å². The molecule has 7 heteroatoms. The van der Waals surface area contributed by atoms with Gasteiger partial charge in [-0.25, -0.2) is 0 Å². The van der Waals surface area contributed by atoms with Crippen LogP contribution in [0.1, 0.15) is 58.5 Å². The van der Waals surface area contributed by atoms with Gasteiger partial charge in [-0.15, -0.1) is 0 Å². The highest BCUT2D eigenvalue weighted by atomic mass is 16.5. The number of fused-ring (bicyclic) bond motifs is 1. The summed E-state index contributed by atoms with van der Waals surface area (Å²) in [4.78, 5) is 15.3. The van der Waals surface area contributed by atoms with Crippen molar-refractivity contribution in [3.8, 4) is 22.8 Å². The number of rotatable bonds is 9. The molecule has 1 aliphatic heterocycles. The maximum absolute atomic E-state index is 13.4. The highest BCUT2D eigenvalue weighted by Gasteiger charge is 2.42. The highest BCUT2D eigenvalue weighted by Crippen LogP contribution is 2.45. The van der Waals surface area contributed by atoms with E-state index < -0.39 is 0 Å². The van der Waals surface area contributed by atoms with Crippen LogP contribution >= 0.6 is 0 Å². The second kappa shape index (κ2) is 9.67. The molecule has 1 amide bonds. The zero-order chi connectivity index (χ0) is 23.5. The quantitative estimate of drug-likeness (QED) is 0.460. The molecule has 3 aromatic rings. The molecule has 2 aromatic carbocycles. The molecule has 1 aromatic heterocycles. The van der Waals surface area contributed by atoms with Gasteiger partial charge in [0.05, 0.1) is 12.6 Å². The summed E-state index contributed by atoms with van der Waals surface area (Å²) in [5.41, 5.74) is 5.21. The van der Waals surface area contributed by atoms with E-state index >= 15 is 0 Å². The average Bonchev–Trinajstić information content (AvgIpc) is 3.34. The van der Waals surface area contributed by atoms with Crippen LogP contribution < -0.4 is 4.74 Å². The van der Waals surface area contributed by atoms with Gasteiger partial charge in [-0.3, -0.25) is 9.89 Å².